The van der Waals surface area contributed by atoms with Gasteiger partial charge in [0.15, 0.2) is 5.65 Å². The summed E-state index contributed by atoms with van der Waals surface area (Å²) < 4.78 is 7.73. The summed E-state index contributed by atoms with van der Waals surface area (Å²) in [5.41, 5.74) is 9.29. The molecule has 0 bridgehead atoms. The van der Waals surface area contributed by atoms with Crippen molar-refractivity contribution in [2.24, 2.45) is 52.3 Å². The summed E-state index contributed by atoms with van der Waals surface area (Å²) in [7, 11) is 1.75. The van der Waals surface area contributed by atoms with Gasteiger partial charge in [0.05, 0.1) is 19.0 Å². The van der Waals surface area contributed by atoms with Crippen LogP contribution in [0.4, 0.5) is 0 Å². The topological polar surface area (TPSA) is 39.4 Å². The lowest BCUT2D eigenvalue weighted by Gasteiger charge is -2.61. The summed E-state index contributed by atoms with van der Waals surface area (Å²) in [5.74, 6) is 6.75. The zero-order valence-corrected chi connectivity index (χ0v) is 30.3. The first-order valence-corrected chi connectivity index (χ1v) is 19.3. The van der Waals surface area contributed by atoms with Gasteiger partial charge in [0.2, 0.25) is 0 Å². The molecule has 0 amide bonds. The third kappa shape index (κ3) is 5.14. The molecule has 4 aromatic rings. The van der Waals surface area contributed by atoms with Gasteiger partial charge >= 0.3 is 0 Å². The van der Waals surface area contributed by atoms with Crippen molar-refractivity contribution in [2.45, 2.75) is 105 Å². The maximum atomic E-state index is 5.57. The fourth-order valence-electron chi connectivity index (χ4n) is 12.1. The molecule has 4 heteroatoms. The molecule has 0 saturated heterocycles. The molecule has 0 spiro atoms. The summed E-state index contributed by atoms with van der Waals surface area (Å²) in [6, 6.07) is 19.3. The normalized spacial score (nSPS) is 31.6. The summed E-state index contributed by atoms with van der Waals surface area (Å²) >= 11 is 0. The van der Waals surface area contributed by atoms with Gasteiger partial charge in [-0.25, -0.2) is 9.50 Å². The Labute approximate surface area is 289 Å². The van der Waals surface area contributed by atoms with Crippen molar-refractivity contribution in [3.63, 3.8) is 0 Å². The van der Waals surface area contributed by atoms with Crippen molar-refractivity contribution in [1.82, 2.24) is 14.6 Å². The van der Waals surface area contributed by atoms with Gasteiger partial charge in [0, 0.05) is 22.4 Å². The molecule has 8 rings (SSSR count). The van der Waals surface area contributed by atoms with Gasteiger partial charge in [-0.15, -0.1) is 0 Å². The number of methoxy groups -OCH3 is 1. The molecule has 254 valence electrons. The largest absolute Gasteiger partial charge is 0.497 e. The van der Waals surface area contributed by atoms with Crippen LogP contribution in [0.3, 0.4) is 0 Å². The van der Waals surface area contributed by atoms with E-state index in [-0.39, 0.29) is 0 Å². The van der Waals surface area contributed by atoms with Crippen molar-refractivity contribution in [3.05, 3.63) is 72.1 Å². The van der Waals surface area contributed by atoms with E-state index < -0.39 is 0 Å². The predicted octanol–water partition coefficient (Wildman–Crippen LogP) is 11.1. The van der Waals surface area contributed by atoms with Crippen LogP contribution in [-0.4, -0.2) is 21.7 Å². The van der Waals surface area contributed by atoms with E-state index in [1.54, 1.807) is 7.11 Å². The Morgan fingerprint density at radius 2 is 1.62 bits per heavy atom. The quantitative estimate of drug-likeness (QED) is 0.192. The first-order valence-electron chi connectivity index (χ1n) is 19.3. The maximum Gasteiger partial charge on any atom is 0.163 e. The fraction of sp³-hybridized carbons (Fsp3) is 0.591. The molecule has 0 radical (unpaired) electrons. The van der Waals surface area contributed by atoms with E-state index in [9.17, 15) is 0 Å². The number of aromatic nitrogens is 3. The van der Waals surface area contributed by atoms with Gasteiger partial charge in [-0.2, -0.15) is 5.10 Å². The predicted molar refractivity (Wildman–Crippen MR) is 197 cm³/mol. The van der Waals surface area contributed by atoms with Crippen molar-refractivity contribution in [3.8, 4) is 28.1 Å². The number of rotatable bonds is 8. The Bertz CT molecular complexity index is 1760. The third-order valence-corrected chi connectivity index (χ3v) is 14.5. The SMILES string of the molecule is COc1ccc(-c2c3c(nc4c(-c5ccccc5)cnn24)C[C@@H]2CC[C@H]4C(CC[C@]5(C)[C@@H]([C@H](C)CCCC(C)C)CC[C@@H]45)[C@@]2(C)C3)cc1. The average Bonchev–Trinajstić information content (AvgIpc) is 3.67. The molecule has 2 heterocycles. The van der Waals surface area contributed by atoms with E-state index in [0.29, 0.717) is 16.7 Å². The van der Waals surface area contributed by atoms with Crippen LogP contribution in [0.1, 0.15) is 104 Å². The number of hydrogen-bond donors (Lipinski definition) is 0. The number of ether oxygens (including phenoxy) is 1. The first kappa shape index (κ1) is 32.1. The minimum Gasteiger partial charge on any atom is -0.497 e. The molecule has 0 N–H and O–H groups in total. The maximum absolute atomic E-state index is 5.57. The van der Waals surface area contributed by atoms with E-state index in [1.165, 1.54) is 85.9 Å². The van der Waals surface area contributed by atoms with Crippen molar-refractivity contribution in [1.29, 1.82) is 0 Å². The first-order chi connectivity index (χ1) is 23.2. The zero-order valence-electron chi connectivity index (χ0n) is 30.3. The van der Waals surface area contributed by atoms with Crippen LogP contribution in [0.2, 0.25) is 0 Å². The Morgan fingerprint density at radius 3 is 2.38 bits per heavy atom. The molecule has 2 aromatic carbocycles. The highest BCUT2D eigenvalue weighted by Gasteiger charge is 2.60. The molecule has 4 aliphatic rings. The Hall–Kier alpha value is -3.14. The van der Waals surface area contributed by atoms with Gasteiger partial charge < -0.3 is 4.74 Å². The molecule has 2 aromatic heterocycles. The molecule has 4 nitrogen and oxygen atoms in total. The monoisotopic (exact) mass is 643 g/mol. The van der Waals surface area contributed by atoms with Crippen molar-refractivity contribution in [2.75, 3.05) is 7.11 Å². The number of nitrogens with zero attached hydrogens (tertiary/aromatic N) is 3. The Balaban J connectivity index is 1.15. The fourth-order valence-corrected chi connectivity index (χ4v) is 12.1. The molecular formula is C44H57N3O. The van der Waals surface area contributed by atoms with Crippen LogP contribution < -0.4 is 4.74 Å². The van der Waals surface area contributed by atoms with Gasteiger partial charge in [-0.3, -0.25) is 0 Å². The summed E-state index contributed by atoms with van der Waals surface area (Å²) in [6.45, 7) is 12.8. The minimum atomic E-state index is 0.296. The van der Waals surface area contributed by atoms with Crippen LogP contribution in [-0.2, 0) is 12.8 Å². The average molecular weight is 644 g/mol. The highest BCUT2D eigenvalue weighted by atomic mass is 16.5. The lowest BCUT2D eigenvalue weighted by atomic mass is 9.44. The van der Waals surface area contributed by atoms with Crippen molar-refractivity contribution < 1.29 is 4.74 Å². The van der Waals surface area contributed by atoms with Gasteiger partial charge in [-0.1, -0.05) is 84.2 Å². The van der Waals surface area contributed by atoms with E-state index in [2.05, 4.69) is 93.7 Å². The highest BCUT2D eigenvalue weighted by Crippen LogP contribution is 2.68. The molecule has 4 aliphatic carbocycles. The molecular weight excluding hydrogens is 587 g/mol. The molecule has 3 fully saturated rings. The van der Waals surface area contributed by atoms with E-state index >= 15 is 0 Å². The van der Waals surface area contributed by atoms with E-state index in [0.717, 1.165) is 65.3 Å². The summed E-state index contributed by atoms with van der Waals surface area (Å²) in [4.78, 5) is 5.50. The van der Waals surface area contributed by atoms with Crippen LogP contribution in [0.25, 0.3) is 28.0 Å². The second-order valence-electron chi connectivity index (χ2n) is 17.3. The molecule has 8 atom stereocenters. The summed E-state index contributed by atoms with van der Waals surface area (Å²) in [5, 5.41) is 5.06. The molecule has 0 aliphatic heterocycles. The van der Waals surface area contributed by atoms with Gasteiger partial charge in [0.25, 0.3) is 0 Å². The van der Waals surface area contributed by atoms with E-state index in [1.807, 2.05) is 6.20 Å². The third-order valence-electron chi connectivity index (χ3n) is 14.5. The summed E-state index contributed by atoms with van der Waals surface area (Å²) in [6.07, 6.45) is 17.0. The van der Waals surface area contributed by atoms with Crippen LogP contribution in [0.5, 0.6) is 5.75 Å². The minimum absolute atomic E-state index is 0.296. The van der Waals surface area contributed by atoms with E-state index in [4.69, 9.17) is 14.8 Å². The smallest absolute Gasteiger partial charge is 0.163 e. The lowest BCUT2D eigenvalue weighted by Crippen LogP contribution is -2.54. The standard InChI is InChI=1S/C44H57N3O/c1-28(2)11-10-12-29(3)37-21-22-38-34-20-17-32-25-40-35(26-44(32,5)39(34)23-24-43(37,38)4)41(31-15-18-33(48-6)19-16-31)47-42(46-40)36(27-45-47)30-13-8-7-9-14-30/h7-9,13-16,18-19,27-29,32,34,37-39H,10-12,17,20-26H2,1-6H3/t29-,32+,34-,37-,38+,39?,43-,44+/m1/s1. The van der Waals surface area contributed by atoms with Crippen LogP contribution in [0, 0.1) is 52.3 Å². The second-order valence-corrected chi connectivity index (χ2v) is 17.3. The lowest BCUT2D eigenvalue weighted by molar-refractivity contribution is -0.103. The molecule has 1 unspecified atom stereocenters. The van der Waals surface area contributed by atoms with Crippen LogP contribution in [0.15, 0.2) is 60.8 Å². The molecule has 3 saturated carbocycles. The Morgan fingerprint density at radius 1 is 0.854 bits per heavy atom. The highest BCUT2D eigenvalue weighted by molar-refractivity contribution is 5.80. The Kier molecular flexibility index (Phi) is 8.24. The number of hydrogen-bond acceptors (Lipinski definition) is 3. The number of fused-ring (bicyclic) bond motifs is 7. The van der Waals surface area contributed by atoms with Gasteiger partial charge in [-0.05, 0) is 133 Å². The number of benzene rings is 2. The van der Waals surface area contributed by atoms with Crippen molar-refractivity contribution >= 4 is 5.65 Å². The second kappa shape index (κ2) is 12.3. The van der Waals surface area contributed by atoms with Gasteiger partial charge in [0.1, 0.15) is 5.75 Å². The zero-order chi connectivity index (χ0) is 33.2. The van der Waals surface area contributed by atoms with Crippen LogP contribution >= 0.6 is 0 Å². The molecule has 48 heavy (non-hydrogen) atoms.